The maximum Gasteiger partial charge on any atom is 0.145 e. The predicted molar refractivity (Wildman–Crippen MR) is 80.4 cm³/mol. The van der Waals surface area contributed by atoms with E-state index in [1.807, 2.05) is 18.5 Å². The number of imidazole rings is 1. The molecule has 0 aromatic carbocycles. The van der Waals surface area contributed by atoms with Gasteiger partial charge in [-0.05, 0) is 39.5 Å². The van der Waals surface area contributed by atoms with E-state index in [1.54, 1.807) is 6.33 Å². The van der Waals surface area contributed by atoms with Gasteiger partial charge in [-0.25, -0.2) is 15.0 Å². The number of rotatable bonds is 5. The van der Waals surface area contributed by atoms with E-state index in [4.69, 9.17) is 4.98 Å². The van der Waals surface area contributed by atoms with Crippen LogP contribution in [0, 0.1) is 0 Å². The third-order valence-corrected chi connectivity index (χ3v) is 3.80. The number of hydrogen-bond donors (Lipinski definition) is 1. The van der Waals surface area contributed by atoms with Gasteiger partial charge < -0.3 is 9.88 Å². The van der Waals surface area contributed by atoms with Crippen molar-refractivity contribution in [1.29, 1.82) is 0 Å². The number of nitrogens with one attached hydrogen (secondary N) is 1. The van der Waals surface area contributed by atoms with Gasteiger partial charge in [-0.3, -0.25) is 4.90 Å². The van der Waals surface area contributed by atoms with Gasteiger partial charge >= 0.3 is 0 Å². The summed E-state index contributed by atoms with van der Waals surface area (Å²) in [5.74, 6) is 0.950. The summed E-state index contributed by atoms with van der Waals surface area (Å²) in [7, 11) is 4.11. The van der Waals surface area contributed by atoms with E-state index in [0.717, 1.165) is 43.3 Å². The number of likely N-dealkylation sites (tertiary alicyclic amines) is 1. The lowest BCUT2D eigenvalue weighted by molar-refractivity contribution is 0.236. The minimum atomic E-state index is 0.315. The van der Waals surface area contributed by atoms with Gasteiger partial charge in [0, 0.05) is 31.2 Å². The third-order valence-electron chi connectivity index (χ3n) is 3.80. The zero-order valence-corrected chi connectivity index (χ0v) is 12.7. The Hall–Kier alpha value is -1.79. The number of hydrogen-bond acceptors (Lipinski definition) is 5. The van der Waals surface area contributed by atoms with Crippen LogP contribution in [0.3, 0.4) is 0 Å². The van der Waals surface area contributed by atoms with Crippen LogP contribution in [0.25, 0.3) is 0 Å². The predicted octanol–water partition coefficient (Wildman–Crippen LogP) is 1.60. The molecule has 0 saturated carbocycles. The molecule has 0 unspecified atom stereocenters. The highest BCUT2D eigenvalue weighted by atomic mass is 15.2. The molecule has 3 heterocycles. The van der Waals surface area contributed by atoms with Crippen molar-refractivity contribution in [2.24, 2.45) is 0 Å². The molecule has 1 atom stereocenters. The van der Waals surface area contributed by atoms with Crippen molar-refractivity contribution in [1.82, 2.24) is 29.7 Å². The molecule has 6 heteroatoms. The average molecular weight is 286 g/mol. The highest BCUT2D eigenvalue weighted by Crippen LogP contribution is 2.30. The molecule has 2 aromatic rings. The quantitative estimate of drug-likeness (QED) is 0.904. The minimum Gasteiger partial charge on any atom is -0.347 e. The van der Waals surface area contributed by atoms with E-state index in [0.29, 0.717) is 6.04 Å². The second-order valence-corrected chi connectivity index (χ2v) is 5.85. The molecule has 1 aliphatic rings. The van der Waals surface area contributed by atoms with E-state index >= 15 is 0 Å². The molecule has 1 N–H and O–H groups in total. The average Bonchev–Trinajstić information content (AvgIpc) is 3.10. The Morgan fingerprint density at radius 3 is 3.10 bits per heavy atom. The minimum absolute atomic E-state index is 0.315. The van der Waals surface area contributed by atoms with E-state index in [2.05, 4.69) is 38.8 Å². The molecule has 0 aliphatic carbocycles. The molecule has 6 nitrogen and oxygen atoms in total. The summed E-state index contributed by atoms with van der Waals surface area (Å²) in [6.45, 7) is 2.82. The Morgan fingerprint density at radius 2 is 2.33 bits per heavy atom. The van der Waals surface area contributed by atoms with Crippen LogP contribution in [0.1, 0.15) is 36.1 Å². The lowest BCUT2D eigenvalue weighted by atomic mass is 10.2. The van der Waals surface area contributed by atoms with Crippen LogP contribution in [0.4, 0.5) is 0 Å². The first-order chi connectivity index (χ1) is 10.2. The Labute approximate surface area is 125 Å². The molecule has 112 valence electrons. The van der Waals surface area contributed by atoms with Gasteiger partial charge in [-0.15, -0.1) is 0 Å². The summed E-state index contributed by atoms with van der Waals surface area (Å²) in [4.78, 5) is 21.1. The maximum atomic E-state index is 4.75. The zero-order chi connectivity index (χ0) is 14.7. The van der Waals surface area contributed by atoms with E-state index in [9.17, 15) is 0 Å². The van der Waals surface area contributed by atoms with Gasteiger partial charge in [0.2, 0.25) is 0 Å². The van der Waals surface area contributed by atoms with E-state index in [-0.39, 0.29) is 0 Å². The van der Waals surface area contributed by atoms with E-state index < -0.39 is 0 Å². The van der Waals surface area contributed by atoms with Crippen molar-refractivity contribution >= 4 is 0 Å². The van der Waals surface area contributed by atoms with Crippen LogP contribution in [-0.4, -0.2) is 50.4 Å². The molecular weight excluding hydrogens is 264 g/mol. The first-order valence-corrected chi connectivity index (χ1v) is 7.40. The second kappa shape index (κ2) is 6.32. The Morgan fingerprint density at radius 1 is 1.43 bits per heavy atom. The van der Waals surface area contributed by atoms with Crippen molar-refractivity contribution in [3.63, 3.8) is 0 Å². The molecule has 1 saturated heterocycles. The summed E-state index contributed by atoms with van der Waals surface area (Å²) >= 11 is 0. The third kappa shape index (κ3) is 3.46. The molecule has 1 fully saturated rings. The zero-order valence-electron chi connectivity index (χ0n) is 12.7. The van der Waals surface area contributed by atoms with Gasteiger partial charge in [0.25, 0.3) is 0 Å². The normalized spacial score (nSPS) is 19.5. The fourth-order valence-corrected chi connectivity index (χ4v) is 2.88. The van der Waals surface area contributed by atoms with Crippen molar-refractivity contribution < 1.29 is 0 Å². The van der Waals surface area contributed by atoms with Crippen molar-refractivity contribution in [2.45, 2.75) is 32.0 Å². The fourth-order valence-electron chi connectivity index (χ4n) is 2.88. The molecular formula is C15H22N6. The molecule has 2 aromatic heterocycles. The highest BCUT2D eigenvalue weighted by Gasteiger charge is 2.28. The highest BCUT2D eigenvalue weighted by molar-refractivity contribution is 5.07. The molecule has 0 spiro atoms. The summed E-state index contributed by atoms with van der Waals surface area (Å²) in [6, 6.07) is 2.31. The summed E-state index contributed by atoms with van der Waals surface area (Å²) in [5.41, 5.74) is 2.23. The molecule has 0 bridgehead atoms. The standard InChI is InChI=1S/C15H22N6/c1-20(2)9-12-5-6-17-15(19-12)14-4-3-7-21(14)10-13-8-16-11-18-13/h5-6,8,11,14H,3-4,7,9-10H2,1-2H3,(H,16,18)/t14-/m0/s1. The molecule has 0 amide bonds. The van der Waals surface area contributed by atoms with Crippen LogP contribution in [0.5, 0.6) is 0 Å². The Kier molecular flexibility index (Phi) is 4.26. The smallest absolute Gasteiger partial charge is 0.145 e. The van der Waals surface area contributed by atoms with Crippen LogP contribution in [0.15, 0.2) is 24.8 Å². The Bertz CT molecular complexity index is 565. The van der Waals surface area contributed by atoms with Gasteiger partial charge in [0.15, 0.2) is 0 Å². The maximum absolute atomic E-state index is 4.75. The van der Waals surface area contributed by atoms with Gasteiger partial charge in [-0.1, -0.05) is 0 Å². The second-order valence-electron chi connectivity index (χ2n) is 5.85. The van der Waals surface area contributed by atoms with Crippen LogP contribution in [0.2, 0.25) is 0 Å². The summed E-state index contributed by atoms with van der Waals surface area (Å²) < 4.78 is 0. The molecule has 1 aliphatic heterocycles. The van der Waals surface area contributed by atoms with Gasteiger partial charge in [0.1, 0.15) is 5.82 Å². The molecule has 21 heavy (non-hydrogen) atoms. The summed E-state index contributed by atoms with van der Waals surface area (Å²) in [6.07, 6.45) is 7.82. The number of H-pyrrole nitrogens is 1. The number of aromatic nitrogens is 4. The molecule has 0 radical (unpaired) electrons. The van der Waals surface area contributed by atoms with Crippen LogP contribution in [-0.2, 0) is 13.1 Å². The lowest BCUT2D eigenvalue weighted by Gasteiger charge is -2.23. The fraction of sp³-hybridized carbons (Fsp3) is 0.533. The van der Waals surface area contributed by atoms with Gasteiger partial charge in [-0.2, -0.15) is 0 Å². The number of nitrogens with zero attached hydrogens (tertiary/aromatic N) is 5. The van der Waals surface area contributed by atoms with E-state index in [1.165, 1.54) is 6.42 Å². The largest absolute Gasteiger partial charge is 0.347 e. The number of aromatic amines is 1. The van der Waals surface area contributed by atoms with Crippen molar-refractivity contribution in [2.75, 3.05) is 20.6 Å². The van der Waals surface area contributed by atoms with Crippen molar-refractivity contribution in [3.8, 4) is 0 Å². The lowest BCUT2D eigenvalue weighted by Crippen LogP contribution is -2.25. The SMILES string of the molecule is CN(C)Cc1ccnc([C@@H]2CCCN2Cc2cnc[nH]2)n1. The van der Waals surface area contributed by atoms with Crippen molar-refractivity contribution in [3.05, 3.63) is 42.0 Å². The Balaban J connectivity index is 1.75. The monoisotopic (exact) mass is 286 g/mol. The molecule has 3 rings (SSSR count). The topological polar surface area (TPSA) is 60.9 Å². The summed E-state index contributed by atoms with van der Waals surface area (Å²) in [5, 5.41) is 0. The first-order valence-electron chi connectivity index (χ1n) is 7.40. The van der Waals surface area contributed by atoms with Gasteiger partial charge in [0.05, 0.1) is 18.1 Å². The van der Waals surface area contributed by atoms with Crippen LogP contribution >= 0.6 is 0 Å². The first kappa shape index (κ1) is 14.2. The van der Waals surface area contributed by atoms with Crippen LogP contribution < -0.4 is 0 Å².